The summed E-state index contributed by atoms with van der Waals surface area (Å²) in [7, 11) is 0. The van der Waals surface area contributed by atoms with E-state index in [2.05, 4.69) is 43.4 Å². The van der Waals surface area contributed by atoms with Gasteiger partial charge in [-0.1, -0.05) is 42.0 Å². The molecule has 2 nitrogen and oxygen atoms in total. The maximum absolute atomic E-state index is 9.25. The maximum Gasteiger partial charge on any atom is 0.115 e. The third-order valence-corrected chi connectivity index (χ3v) is 3.54. The molecule has 0 saturated heterocycles. The number of rotatable bonds is 6. The normalized spacial score (nSPS) is 12.3. The van der Waals surface area contributed by atoms with Gasteiger partial charge in [-0.25, -0.2) is 0 Å². The number of nitrogens with one attached hydrogen (secondary N) is 1. The Bertz CT molecular complexity index is 533. The summed E-state index contributed by atoms with van der Waals surface area (Å²) in [5, 5.41) is 12.8. The Balaban J connectivity index is 1.75. The van der Waals surface area contributed by atoms with Gasteiger partial charge in [0, 0.05) is 12.6 Å². The molecule has 106 valence electrons. The Labute approximate surface area is 121 Å². The van der Waals surface area contributed by atoms with Crippen LogP contribution in [0, 0.1) is 6.92 Å². The van der Waals surface area contributed by atoms with E-state index in [1.807, 2.05) is 12.1 Å². The third-order valence-electron chi connectivity index (χ3n) is 3.54. The third kappa shape index (κ3) is 4.71. The molecule has 0 amide bonds. The van der Waals surface area contributed by atoms with Crippen molar-refractivity contribution >= 4 is 0 Å². The lowest BCUT2D eigenvalue weighted by atomic mass is 10.1. The van der Waals surface area contributed by atoms with Crippen LogP contribution in [0.4, 0.5) is 0 Å². The Morgan fingerprint density at radius 1 is 1.05 bits per heavy atom. The molecule has 0 saturated carbocycles. The van der Waals surface area contributed by atoms with Crippen molar-refractivity contribution < 1.29 is 5.11 Å². The Hall–Kier alpha value is -1.80. The van der Waals surface area contributed by atoms with E-state index >= 15 is 0 Å². The Morgan fingerprint density at radius 3 is 2.50 bits per heavy atom. The van der Waals surface area contributed by atoms with Crippen LogP contribution in [-0.2, 0) is 13.0 Å². The molecule has 1 atom stereocenters. The van der Waals surface area contributed by atoms with Crippen LogP contribution >= 0.6 is 0 Å². The number of phenolic OH excluding ortho intramolecular Hbond substituents is 1. The molecule has 0 radical (unpaired) electrons. The van der Waals surface area contributed by atoms with Crippen LogP contribution in [0.25, 0.3) is 0 Å². The summed E-state index contributed by atoms with van der Waals surface area (Å²) in [5.41, 5.74) is 3.91. The zero-order valence-electron chi connectivity index (χ0n) is 12.3. The standard InChI is InChI=1S/C18H23NO/c1-14-4-3-5-17(12-14)13-19-15(2)6-7-16-8-10-18(20)11-9-16/h3-5,8-12,15,19-20H,6-7,13H2,1-2H3. The average Bonchev–Trinajstić information content (AvgIpc) is 2.45. The van der Waals surface area contributed by atoms with Gasteiger partial charge in [-0.3, -0.25) is 0 Å². The molecule has 0 aliphatic heterocycles. The average molecular weight is 269 g/mol. The highest BCUT2D eigenvalue weighted by molar-refractivity contribution is 5.26. The summed E-state index contributed by atoms with van der Waals surface area (Å²) in [6, 6.07) is 16.6. The largest absolute Gasteiger partial charge is 0.508 e. The van der Waals surface area contributed by atoms with Crippen molar-refractivity contribution in [1.82, 2.24) is 5.32 Å². The molecule has 2 aromatic carbocycles. The number of hydrogen-bond donors (Lipinski definition) is 2. The second-order valence-electron chi connectivity index (χ2n) is 5.48. The molecule has 0 heterocycles. The van der Waals surface area contributed by atoms with Gasteiger partial charge in [0.15, 0.2) is 0 Å². The van der Waals surface area contributed by atoms with Crippen molar-refractivity contribution in [3.05, 3.63) is 65.2 Å². The summed E-state index contributed by atoms with van der Waals surface area (Å²) >= 11 is 0. The number of phenols is 1. The molecule has 2 heteroatoms. The number of benzene rings is 2. The minimum atomic E-state index is 0.333. The van der Waals surface area contributed by atoms with Crippen molar-refractivity contribution in [3.63, 3.8) is 0 Å². The van der Waals surface area contributed by atoms with E-state index in [1.54, 1.807) is 12.1 Å². The van der Waals surface area contributed by atoms with E-state index in [-0.39, 0.29) is 0 Å². The summed E-state index contributed by atoms with van der Waals surface area (Å²) < 4.78 is 0. The molecular formula is C18H23NO. The monoisotopic (exact) mass is 269 g/mol. The second kappa shape index (κ2) is 7.11. The summed E-state index contributed by atoms with van der Waals surface area (Å²) in [4.78, 5) is 0. The first kappa shape index (κ1) is 14.6. The van der Waals surface area contributed by atoms with Crippen molar-refractivity contribution in [1.29, 1.82) is 0 Å². The summed E-state index contributed by atoms with van der Waals surface area (Å²) in [6.45, 7) is 5.26. The quantitative estimate of drug-likeness (QED) is 0.835. The lowest BCUT2D eigenvalue weighted by Gasteiger charge is -2.14. The first-order chi connectivity index (χ1) is 9.63. The van der Waals surface area contributed by atoms with Crippen molar-refractivity contribution in [2.45, 2.75) is 39.3 Å². The molecular weight excluding hydrogens is 246 g/mol. The zero-order valence-corrected chi connectivity index (χ0v) is 12.3. The lowest BCUT2D eigenvalue weighted by Crippen LogP contribution is -2.25. The SMILES string of the molecule is Cc1cccc(CNC(C)CCc2ccc(O)cc2)c1. The van der Waals surface area contributed by atoms with Gasteiger partial charge >= 0.3 is 0 Å². The molecule has 0 bridgehead atoms. The van der Waals surface area contributed by atoms with Crippen molar-refractivity contribution in [3.8, 4) is 5.75 Å². The van der Waals surface area contributed by atoms with Crippen LogP contribution in [0.1, 0.15) is 30.0 Å². The fraction of sp³-hybridized carbons (Fsp3) is 0.333. The molecule has 0 aliphatic carbocycles. The molecule has 0 spiro atoms. The predicted molar refractivity (Wildman–Crippen MR) is 83.9 cm³/mol. The van der Waals surface area contributed by atoms with Gasteiger partial charge in [0.1, 0.15) is 5.75 Å². The number of aromatic hydroxyl groups is 1. The Morgan fingerprint density at radius 2 is 1.80 bits per heavy atom. The minimum Gasteiger partial charge on any atom is -0.508 e. The van der Waals surface area contributed by atoms with E-state index in [9.17, 15) is 5.11 Å². The topological polar surface area (TPSA) is 32.3 Å². The van der Waals surface area contributed by atoms with Crippen molar-refractivity contribution in [2.24, 2.45) is 0 Å². The molecule has 20 heavy (non-hydrogen) atoms. The fourth-order valence-electron chi connectivity index (χ4n) is 2.26. The molecule has 0 aliphatic rings. The van der Waals surface area contributed by atoms with Gasteiger partial charge in [-0.2, -0.15) is 0 Å². The summed E-state index contributed by atoms with van der Waals surface area (Å²) in [6.07, 6.45) is 2.12. The predicted octanol–water partition coefficient (Wildman–Crippen LogP) is 3.81. The molecule has 2 rings (SSSR count). The molecule has 2 aromatic rings. The smallest absolute Gasteiger partial charge is 0.115 e. The van der Waals surface area contributed by atoms with Crippen LogP contribution in [0.3, 0.4) is 0 Å². The number of hydrogen-bond acceptors (Lipinski definition) is 2. The van der Waals surface area contributed by atoms with Gasteiger partial charge < -0.3 is 10.4 Å². The summed E-state index contributed by atoms with van der Waals surface area (Å²) in [5.74, 6) is 0.333. The van der Waals surface area contributed by atoms with Gasteiger partial charge in [0.05, 0.1) is 0 Å². The van der Waals surface area contributed by atoms with Gasteiger partial charge in [-0.15, -0.1) is 0 Å². The highest BCUT2D eigenvalue weighted by Gasteiger charge is 2.03. The molecule has 1 unspecified atom stereocenters. The van der Waals surface area contributed by atoms with E-state index < -0.39 is 0 Å². The van der Waals surface area contributed by atoms with Crippen molar-refractivity contribution in [2.75, 3.05) is 0 Å². The molecule has 0 fully saturated rings. The van der Waals surface area contributed by atoms with E-state index in [0.29, 0.717) is 11.8 Å². The maximum atomic E-state index is 9.25. The van der Waals surface area contributed by atoms with Gasteiger partial charge in [0.2, 0.25) is 0 Å². The first-order valence-electron chi connectivity index (χ1n) is 7.20. The zero-order chi connectivity index (χ0) is 14.4. The van der Waals surface area contributed by atoms with Crippen LogP contribution < -0.4 is 5.32 Å². The molecule has 2 N–H and O–H groups in total. The van der Waals surface area contributed by atoms with E-state index in [1.165, 1.54) is 16.7 Å². The number of aryl methyl sites for hydroxylation is 2. The van der Waals surface area contributed by atoms with Crippen LogP contribution in [0.15, 0.2) is 48.5 Å². The van der Waals surface area contributed by atoms with Gasteiger partial charge in [0.25, 0.3) is 0 Å². The fourth-order valence-corrected chi connectivity index (χ4v) is 2.26. The van der Waals surface area contributed by atoms with E-state index in [4.69, 9.17) is 0 Å². The minimum absolute atomic E-state index is 0.333. The van der Waals surface area contributed by atoms with Crippen LogP contribution in [0.5, 0.6) is 5.75 Å². The van der Waals surface area contributed by atoms with Crippen LogP contribution in [0.2, 0.25) is 0 Å². The Kier molecular flexibility index (Phi) is 5.19. The first-order valence-corrected chi connectivity index (χ1v) is 7.20. The highest BCUT2D eigenvalue weighted by Crippen LogP contribution is 2.12. The molecule has 0 aromatic heterocycles. The highest BCUT2D eigenvalue weighted by atomic mass is 16.3. The van der Waals surface area contributed by atoms with Crippen LogP contribution in [-0.4, -0.2) is 11.1 Å². The van der Waals surface area contributed by atoms with Gasteiger partial charge in [-0.05, 0) is 49.9 Å². The lowest BCUT2D eigenvalue weighted by molar-refractivity contribution is 0.474. The second-order valence-corrected chi connectivity index (χ2v) is 5.48. The van der Waals surface area contributed by atoms with E-state index in [0.717, 1.165) is 19.4 Å².